The minimum Gasteiger partial charge on any atom is -0.468 e. The van der Waals surface area contributed by atoms with E-state index in [0.717, 1.165) is 5.13 Å². The van der Waals surface area contributed by atoms with Crippen LogP contribution in [0.2, 0.25) is 0 Å². The predicted octanol–water partition coefficient (Wildman–Crippen LogP) is 1.53. The Bertz CT molecular complexity index is 285. The van der Waals surface area contributed by atoms with E-state index in [1.165, 1.54) is 18.4 Å². The van der Waals surface area contributed by atoms with E-state index in [9.17, 15) is 4.79 Å². The molecule has 78 valence electrons. The molecule has 0 aliphatic rings. The number of methoxy groups -OCH3 is 1. The molecule has 0 spiro atoms. The Morgan fingerprint density at radius 2 is 2.43 bits per heavy atom. The van der Waals surface area contributed by atoms with Crippen molar-refractivity contribution < 1.29 is 9.53 Å². The summed E-state index contributed by atoms with van der Waals surface area (Å²) in [5.74, 6) is -0.242. The Kier molecular flexibility index (Phi) is 3.88. The van der Waals surface area contributed by atoms with Gasteiger partial charge >= 0.3 is 5.97 Å². The van der Waals surface area contributed by atoms with Crippen LogP contribution in [0.15, 0.2) is 11.6 Å². The summed E-state index contributed by atoms with van der Waals surface area (Å²) in [6.45, 7) is 4.29. The van der Waals surface area contributed by atoms with Gasteiger partial charge in [0, 0.05) is 17.6 Å². The zero-order valence-corrected chi connectivity index (χ0v) is 9.37. The average molecular weight is 214 g/mol. The summed E-state index contributed by atoms with van der Waals surface area (Å²) in [7, 11) is 1.39. The quantitative estimate of drug-likeness (QED) is 0.713. The van der Waals surface area contributed by atoms with Crippen LogP contribution in [0.3, 0.4) is 0 Å². The minimum atomic E-state index is -0.242. The maximum absolute atomic E-state index is 11.1. The molecule has 0 aliphatic carbocycles. The Labute approximate surface area is 87.5 Å². The molecule has 0 amide bonds. The molecule has 14 heavy (non-hydrogen) atoms. The molecule has 0 aromatic carbocycles. The lowest BCUT2D eigenvalue weighted by Gasteiger charge is -2.24. The van der Waals surface area contributed by atoms with Crippen LogP contribution >= 0.6 is 11.3 Å². The molecule has 4 nitrogen and oxygen atoms in total. The van der Waals surface area contributed by atoms with Crippen molar-refractivity contribution in [3.8, 4) is 0 Å². The van der Waals surface area contributed by atoms with Crippen LogP contribution in [-0.2, 0) is 9.53 Å². The van der Waals surface area contributed by atoms with Gasteiger partial charge in [-0.25, -0.2) is 4.98 Å². The highest BCUT2D eigenvalue weighted by Crippen LogP contribution is 2.19. The van der Waals surface area contributed by atoms with Gasteiger partial charge in [-0.15, -0.1) is 11.3 Å². The van der Waals surface area contributed by atoms with Crippen molar-refractivity contribution in [2.45, 2.75) is 19.9 Å². The molecule has 0 unspecified atom stereocenters. The molecule has 5 heteroatoms. The summed E-state index contributed by atoms with van der Waals surface area (Å²) in [4.78, 5) is 17.2. The van der Waals surface area contributed by atoms with Crippen molar-refractivity contribution >= 4 is 22.4 Å². The smallest absolute Gasteiger partial charge is 0.325 e. The highest BCUT2D eigenvalue weighted by atomic mass is 32.1. The third kappa shape index (κ3) is 2.70. The minimum absolute atomic E-state index is 0.236. The lowest BCUT2D eigenvalue weighted by Crippen LogP contribution is -2.36. The number of nitrogens with zero attached hydrogens (tertiary/aromatic N) is 2. The first-order chi connectivity index (χ1) is 6.65. The molecule has 0 saturated carbocycles. The molecule has 1 aromatic rings. The van der Waals surface area contributed by atoms with E-state index in [0.29, 0.717) is 0 Å². The van der Waals surface area contributed by atoms with E-state index in [1.807, 2.05) is 24.1 Å². The van der Waals surface area contributed by atoms with Crippen LogP contribution in [0, 0.1) is 0 Å². The Hall–Kier alpha value is -1.10. The molecule has 0 saturated heterocycles. The second kappa shape index (κ2) is 4.95. The highest BCUT2D eigenvalue weighted by molar-refractivity contribution is 7.13. The van der Waals surface area contributed by atoms with E-state index in [2.05, 4.69) is 9.72 Å². The summed E-state index contributed by atoms with van der Waals surface area (Å²) in [6, 6.07) is 0.236. The van der Waals surface area contributed by atoms with Gasteiger partial charge in [-0.3, -0.25) is 4.79 Å². The number of anilines is 1. The van der Waals surface area contributed by atoms with E-state index in [1.54, 1.807) is 6.20 Å². The molecule has 1 aromatic heterocycles. The first kappa shape index (κ1) is 11.0. The fourth-order valence-electron chi connectivity index (χ4n) is 1.03. The second-order valence-corrected chi connectivity index (χ2v) is 3.99. The van der Waals surface area contributed by atoms with Gasteiger partial charge < -0.3 is 9.64 Å². The van der Waals surface area contributed by atoms with Crippen molar-refractivity contribution in [2.24, 2.45) is 0 Å². The number of carbonyl (C=O) groups is 1. The van der Waals surface area contributed by atoms with Crippen molar-refractivity contribution in [3.05, 3.63) is 11.6 Å². The van der Waals surface area contributed by atoms with Crippen LogP contribution in [0.4, 0.5) is 5.13 Å². The standard InChI is InChI=1S/C9H14N2O2S/c1-7(2)11(6-8(12)13-3)9-10-4-5-14-9/h4-5,7H,6H2,1-3H3. The predicted molar refractivity (Wildman–Crippen MR) is 56.6 cm³/mol. The molecule has 0 bridgehead atoms. The second-order valence-electron chi connectivity index (χ2n) is 3.11. The number of esters is 1. The highest BCUT2D eigenvalue weighted by Gasteiger charge is 2.16. The van der Waals surface area contributed by atoms with Gasteiger partial charge in [0.25, 0.3) is 0 Å². The van der Waals surface area contributed by atoms with Crippen molar-refractivity contribution in [3.63, 3.8) is 0 Å². The normalized spacial score (nSPS) is 10.3. The Balaban J connectivity index is 2.70. The molecule has 0 radical (unpaired) electrons. The Morgan fingerprint density at radius 3 is 2.86 bits per heavy atom. The van der Waals surface area contributed by atoms with Crippen LogP contribution in [0.1, 0.15) is 13.8 Å². The third-order valence-corrected chi connectivity index (χ3v) is 2.62. The number of ether oxygens (including phenoxy) is 1. The summed E-state index contributed by atoms with van der Waals surface area (Å²) < 4.78 is 4.63. The largest absolute Gasteiger partial charge is 0.468 e. The fraction of sp³-hybridized carbons (Fsp3) is 0.556. The number of hydrogen-bond donors (Lipinski definition) is 0. The van der Waals surface area contributed by atoms with E-state index in [-0.39, 0.29) is 18.6 Å². The lowest BCUT2D eigenvalue weighted by atomic mass is 10.3. The van der Waals surface area contributed by atoms with Gasteiger partial charge in [-0.05, 0) is 13.8 Å². The topological polar surface area (TPSA) is 42.4 Å². The SMILES string of the molecule is COC(=O)CN(c1nccs1)C(C)C. The monoisotopic (exact) mass is 214 g/mol. The van der Waals surface area contributed by atoms with Crippen LogP contribution in [0.25, 0.3) is 0 Å². The molecule has 1 heterocycles. The maximum Gasteiger partial charge on any atom is 0.325 e. The molecule has 1 rings (SSSR count). The van der Waals surface area contributed by atoms with E-state index in [4.69, 9.17) is 0 Å². The number of aromatic nitrogens is 1. The number of hydrogen-bond acceptors (Lipinski definition) is 5. The van der Waals surface area contributed by atoms with Gasteiger partial charge in [0.15, 0.2) is 5.13 Å². The average Bonchev–Trinajstić information content (AvgIpc) is 2.65. The fourth-order valence-corrected chi connectivity index (χ4v) is 1.81. The van der Waals surface area contributed by atoms with Gasteiger partial charge in [-0.1, -0.05) is 0 Å². The van der Waals surface area contributed by atoms with E-state index < -0.39 is 0 Å². The molecular formula is C9H14N2O2S. The van der Waals surface area contributed by atoms with Crippen molar-refractivity contribution in [1.82, 2.24) is 4.98 Å². The van der Waals surface area contributed by atoms with Gasteiger partial charge in [0.1, 0.15) is 6.54 Å². The van der Waals surface area contributed by atoms with Crippen LogP contribution in [0.5, 0.6) is 0 Å². The molecule has 0 fully saturated rings. The molecule has 0 aliphatic heterocycles. The van der Waals surface area contributed by atoms with Crippen molar-refractivity contribution in [2.75, 3.05) is 18.6 Å². The van der Waals surface area contributed by atoms with Gasteiger partial charge in [0.2, 0.25) is 0 Å². The van der Waals surface area contributed by atoms with Crippen LogP contribution in [-0.4, -0.2) is 30.6 Å². The number of carbonyl (C=O) groups excluding carboxylic acids is 1. The number of thiazole rings is 1. The van der Waals surface area contributed by atoms with Crippen molar-refractivity contribution in [1.29, 1.82) is 0 Å². The third-order valence-electron chi connectivity index (χ3n) is 1.82. The molecule has 0 N–H and O–H groups in total. The first-order valence-electron chi connectivity index (χ1n) is 4.38. The summed E-state index contributed by atoms with van der Waals surface area (Å²) in [5.41, 5.74) is 0. The zero-order valence-electron chi connectivity index (χ0n) is 8.56. The van der Waals surface area contributed by atoms with Gasteiger partial charge in [0.05, 0.1) is 7.11 Å². The summed E-state index contributed by atoms with van der Waals surface area (Å²) >= 11 is 1.52. The lowest BCUT2D eigenvalue weighted by molar-refractivity contribution is -0.139. The van der Waals surface area contributed by atoms with Gasteiger partial charge in [-0.2, -0.15) is 0 Å². The summed E-state index contributed by atoms with van der Waals surface area (Å²) in [6.07, 6.45) is 1.73. The first-order valence-corrected chi connectivity index (χ1v) is 5.26. The Morgan fingerprint density at radius 1 is 1.71 bits per heavy atom. The maximum atomic E-state index is 11.1. The van der Waals surface area contributed by atoms with E-state index >= 15 is 0 Å². The molecular weight excluding hydrogens is 200 g/mol. The zero-order chi connectivity index (χ0) is 10.6. The van der Waals surface area contributed by atoms with Crippen LogP contribution < -0.4 is 4.90 Å². The molecule has 0 atom stereocenters. The number of rotatable bonds is 4. The summed E-state index contributed by atoms with van der Waals surface area (Å²) in [5, 5.41) is 2.74.